The average molecular weight is 345 g/mol. The third-order valence-corrected chi connectivity index (χ3v) is 7.06. The molecule has 21 heavy (non-hydrogen) atoms. The van der Waals surface area contributed by atoms with E-state index >= 15 is 0 Å². The fourth-order valence-corrected chi connectivity index (χ4v) is 5.29. The van der Waals surface area contributed by atoms with Crippen LogP contribution >= 0.6 is 22.7 Å². The van der Waals surface area contributed by atoms with Crippen LogP contribution < -0.4 is 4.72 Å². The number of carbonyl (C=O) groups is 1. The number of nitrogens with one attached hydrogen (secondary N) is 1. The molecule has 2 heterocycles. The Labute approximate surface area is 131 Å². The van der Waals surface area contributed by atoms with Crippen LogP contribution in [0.4, 0.5) is 0 Å². The maximum Gasteiger partial charge on any atom is 0.346 e. The summed E-state index contributed by atoms with van der Waals surface area (Å²) in [6.07, 6.45) is 0.849. The first-order valence-electron chi connectivity index (χ1n) is 6.23. The molecule has 0 spiro atoms. The van der Waals surface area contributed by atoms with E-state index in [1.165, 1.54) is 17.4 Å². The van der Waals surface area contributed by atoms with Crippen LogP contribution in [0.25, 0.3) is 0 Å². The SMILES string of the molecule is CCc1ccsc1CNS(=O)(=O)c1cc(C)c(C(=O)O)s1. The minimum atomic E-state index is -3.68. The van der Waals surface area contributed by atoms with Crippen molar-refractivity contribution in [2.45, 2.75) is 31.0 Å². The smallest absolute Gasteiger partial charge is 0.346 e. The van der Waals surface area contributed by atoms with Gasteiger partial charge in [0.15, 0.2) is 0 Å². The quantitative estimate of drug-likeness (QED) is 0.843. The first-order chi connectivity index (χ1) is 9.85. The second-order valence-corrected chi connectivity index (χ2v) is 8.48. The zero-order chi connectivity index (χ0) is 15.6. The Morgan fingerprint density at radius 1 is 1.43 bits per heavy atom. The normalized spacial score (nSPS) is 11.7. The summed E-state index contributed by atoms with van der Waals surface area (Å²) >= 11 is 2.28. The van der Waals surface area contributed by atoms with Crippen molar-refractivity contribution in [1.82, 2.24) is 4.72 Å². The molecule has 114 valence electrons. The Bertz CT molecular complexity index is 758. The number of sulfonamides is 1. The number of thiophene rings is 2. The lowest BCUT2D eigenvalue weighted by Crippen LogP contribution is -2.22. The van der Waals surface area contributed by atoms with Gasteiger partial charge in [0, 0.05) is 11.4 Å². The van der Waals surface area contributed by atoms with E-state index in [0.717, 1.165) is 28.2 Å². The molecule has 0 bridgehead atoms. The van der Waals surface area contributed by atoms with Crippen LogP contribution in [0.3, 0.4) is 0 Å². The molecule has 0 saturated carbocycles. The van der Waals surface area contributed by atoms with Crippen molar-refractivity contribution < 1.29 is 18.3 Å². The van der Waals surface area contributed by atoms with Crippen LogP contribution in [0, 0.1) is 6.92 Å². The molecule has 0 fully saturated rings. The van der Waals surface area contributed by atoms with Gasteiger partial charge in [0.2, 0.25) is 10.0 Å². The highest BCUT2D eigenvalue weighted by Gasteiger charge is 2.21. The molecule has 0 aliphatic carbocycles. The van der Waals surface area contributed by atoms with Gasteiger partial charge in [-0.15, -0.1) is 22.7 Å². The minimum absolute atomic E-state index is 0.0343. The molecule has 0 atom stereocenters. The third kappa shape index (κ3) is 3.52. The van der Waals surface area contributed by atoms with Gasteiger partial charge in [0.1, 0.15) is 9.09 Å². The van der Waals surface area contributed by atoms with E-state index in [1.54, 1.807) is 6.92 Å². The summed E-state index contributed by atoms with van der Waals surface area (Å²) in [6.45, 7) is 3.83. The fraction of sp³-hybridized carbons (Fsp3) is 0.308. The summed E-state index contributed by atoms with van der Waals surface area (Å²) in [6, 6.07) is 3.37. The molecule has 0 unspecified atom stereocenters. The summed E-state index contributed by atoms with van der Waals surface area (Å²) < 4.78 is 27.0. The second-order valence-electron chi connectivity index (χ2n) is 4.43. The van der Waals surface area contributed by atoms with Gasteiger partial charge in [0.05, 0.1) is 0 Å². The van der Waals surface area contributed by atoms with Gasteiger partial charge < -0.3 is 5.11 Å². The van der Waals surface area contributed by atoms with Crippen LogP contribution in [-0.2, 0) is 23.0 Å². The predicted molar refractivity (Wildman–Crippen MR) is 83.7 cm³/mol. The Kier molecular flexibility index (Phi) is 4.82. The lowest BCUT2D eigenvalue weighted by Gasteiger charge is -2.04. The number of carboxylic acid groups (broad SMARTS) is 1. The molecule has 2 aromatic heterocycles. The van der Waals surface area contributed by atoms with Gasteiger partial charge in [0.25, 0.3) is 0 Å². The zero-order valence-electron chi connectivity index (χ0n) is 11.5. The molecule has 0 radical (unpaired) electrons. The monoisotopic (exact) mass is 345 g/mol. The van der Waals surface area contributed by atoms with Crippen molar-refractivity contribution in [2.75, 3.05) is 0 Å². The standard InChI is InChI=1S/C13H15NO4S3/c1-3-9-4-5-19-10(9)7-14-21(17,18)11-6-8(2)12(20-11)13(15)16/h4-6,14H,3,7H2,1-2H3,(H,15,16). The predicted octanol–water partition coefficient (Wildman–Crippen LogP) is 2.86. The van der Waals surface area contributed by atoms with E-state index in [0.29, 0.717) is 5.56 Å². The van der Waals surface area contributed by atoms with Gasteiger partial charge in [-0.1, -0.05) is 6.92 Å². The topological polar surface area (TPSA) is 83.5 Å². The van der Waals surface area contributed by atoms with Gasteiger partial charge in [-0.05, 0) is 42.0 Å². The highest BCUT2D eigenvalue weighted by atomic mass is 32.2. The molecule has 0 amide bonds. The summed E-state index contributed by atoms with van der Waals surface area (Å²) in [5, 5.41) is 10.9. The van der Waals surface area contributed by atoms with Crippen molar-refractivity contribution in [3.05, 3.63) is 38.4 Å². The fourth-order valence-electron chi connectivity index (χ4n) is 1.87. The number of hydrogen-bond donors (Lipinski definition) is 2. The maximum absolute atomic E-state index is 12.2. The van der Waals surface area contributed by atoms with E-state index in [4.69, 9.17) is 5.11 Å². The summed E-state index contributed by atoms with van der Waals surface area (Å²) in [5.41, 5.74) is 1.58. The molecular weight excluding hydrogens is 330 g/mol. The van der Waals surface area contributed by atoms with Crippen molar-refractivity contribution in [1.29, 1.82) is 0 Å². The number of aromatic carboxylic acids is 1. The van der Waals surface area contributed by atoms with Crippen molar-refractivity contribution in [3.8, 4) is 0 Å². The van der Waals surface area contributed by atoms with Gasteiger partial charge in [-0.2, -0.15) is 0 Å². The van der Waals surface area contributed by atoms with E-state index in [9.17, 15) is 13.2 Å². The van der Waals surface area contributed by atoms with E-state index in [-0.39, 0.29) is 15.6 Å². The molecule has 5 nitrogen and oxygen atoms in total. The van der Waals surface area contributed by atoms with Crippen LogP contribution in [0.2, 0.25) is 0 Å². The molecule has 0 aromatic carbocycles. The molecule has 2 rings (SSSR count). The Balaban J connectivity index is 2.19. The number of hydrogen-bond acceptors (Lipinski definition) is 5. The Hall–Kier alpha value is -1.22. The highest BCUT2D eigenvalue weighted by molar-refractivity contribution is 7.91. The van der Waals surface area contributed by atoms with E-state index in [2.05, 4.69) is 4.72 Å². The van der Waals surface area contributed by atoms with Gasteiger partial charge >= 0.3 is 5.97 Å². The molecule has 2 aromatic rings. The van der Waals surface area contributed by atoms with Crippen LogP contribution in [-0.4, -0.2) is 19.5 Å². The molecule has 8 heteroatoms. The summed E-state index contributed by atoms with van der Waals surface area (Å²) in [7, 11) is -3.68. The first kappa shape index (κ1) is 16.2. The van der Waals surface area contributed by atoms with Crippen LogP contribution in [0.5, 0.6) is 0 Å². The number of carboxylic acids is 1. The Morgan fingerprint density at radius 2 is 2.14 bits per heavy atom. The van der Waals surface area contributed by atoms with E-state index < -0.39 is 16.0 Å². The lowest BCUT2D eigenvalue weighted by molar-refractivity contribution is 0.0701. The third-order valence-electron chi connectivity index (χ3n) is 3.00. The summed E-state index contributed by atoms with van der Waals surface area (Å²) in [5.74, 6) is -1.11. The molecular formula is C13H15NO4S3. The maximum atomic E-state index is 12.2. The van der Waals surface area contributed by atoms with Crippen molar-refractivity contribution >= 4 is 38.7 Å². The second kappa shape index (κ2) is 6.27. The van der Waals surface area contributed by atoms with Crippen LogP contribution in [0.15, 0.2) is 21.7 Å². The largest absolute Gasteiger partial charge is 0.477 e. The lowest BCUT2D eigenvalue weighted by atomic mass is 10.2. The first-order valence-corrected chi connectivity index (χ1v) is 9.41. The minimum Gasteiger partial charge on any atom is -0.477 e. The van der Waals surface area contributed by atoms with Gasteiger partial charge in [-0.3, -0.25) is 0 Å². The molecule has 2 N–H and O–H groups in total. The van der Waals surface area contributed by atoms with Crippen LogP contribution in [0.1, 0.15) is 32.6 Å². The molecule has 0 aliphatic heterocycles. The van der Waals surface area contributed by atoms with Crippen molar-refractivity contribution in [3.63, 3.8) is 0 Å². The zero-order valence-corrected chi connectivity index (χ0v) is 14.0. The highest BCUT2D eigenvalue weighted by Crippen LogP contribution is 2.26. The number of rotatable bonds is 6. The Morgan fingerprint density at radius 3 is 2.71 bits per heavy atom. The average Bonchev–Trinajstić information content (AvgIpc) is 3.02. The van der Waals surface area contributed by atoms with Gasteiger partial charge in [-0.25, -0.2) is 17.9 Å². The van der Waals surface area contributed by atoms with Crippen molar-refractivity contribution in [2.24, 2.45) is 0 Å². The van der Waals surface area contributed by atoms with E-state index in [1.807, 2.05) is 18.4 Å². The molecule has 0 aliphatic rings. The molecule has 0 saturated heterocycles. The summed E-state index contributed by atoms with van der Waals surface area (Å²) in [4.78, 5) is 12.0. The number of aryl methyl sites for hydroxylation is 2.